The molecule has 0 spiro atoms. The molecule has 2 aromatic rings. The van der Waals surface area contributed by atoms with E-state index in [2.05, 4.69) is 0 Å². The Morgan fingerprint density at radius 2 is 1.88 bits per heavy atom. The van der Waals surface area contributed by atoms with Crippen LogP contribution in [0, 0.1) is 0 Å². The highest BCUT2D eigenvalue weighted by Crippen LogP contribution is 2.43. The number of hydrogen-bond donors (Lipinski definition) is 0. The van der Waals surface area contributed by atoms with E-state index in [1.807, 2.05) is 68.4 Å². The van der Waals surface area contributed by atoms with Crippen molar-refractivity contribution in [1.29, 1.82) is 0 Å². The number of aryl methyl sites for hydroxylation is 1. The molecule has 1 fully saturated rings. The average molecular weight is 323 g/mol. The van der Waals surface area contributed by atoms with E-state index in [1.165, 1.54) is 0 Å². The highest BCUT2D eigenvalue weighted by molar-refractivity contribution is 5.91. The zero-order chi connectivity index (χ0) is 17.2. The minimum absolute atomic E-state index is 0.201. The minimum Gasteiger partial charge on any atom is -0.441 e. The van der Waals surface area contributed by atoms with Gasteiger partial charge in [0, 0.05) is 12.1 Å². The summed E-state index contributed by atoms with van der Waals surface area (Å²) in [6.45, 7) is 3.86. The van der Waals surface area contributed by atoms with Crippen LogP contribution in [0.2, 0.25) is 0 Å². The zero-order valence-corrected chi connectivity index (χ0v) is 13.9. The van der Waals surface area contributed by atoms with E-state index < -0.39 is 5.60 Å². The molecule has 1 atom stereocenters. The Kier molecular flexibility index (Phi) is 4.38. The van der Waals surface area contributed by atoms with Gasteiger partial charge in [-0.25, -0.2) is 4.79 Å². The first-order chi connectivity index (χ1) is 11.5. The summed E-state index contributed by atoms with van der Waals surface area (Å²) in [6.07, 6.45) is 1.70. The standard InChI is InChI=1S/C20H21NO3/c1-20(2)18(16-10-4-3-5-11-16)21(19(23)24-20)17-12-6-8-15(14-17)9-7-13-22/h3-6,8,10-14,18H,7,9H2,1-2H3/t18-/m1/s1. The molecule has 0 aliphatic carbocycles. The van der Waals surface area contributed by atoms with Gasteiger partial charge in [-0.2, -0.15) is 0 Å². The normalized spacial score (nSPS) is 19.2. The molecule has 3 rings (SSSR count). The molecule has 24 heavy (non-hydrogen) atoms. The van der Waals surface area contributed by atoms with E-state index in [4.69, 9.17) is 4.74 Å². The summed E-state index contributed by atoms with van der Waals surface area (Å²) in [5.41, 5.74) is 2.23. The molecule has 1 aliphatic heterocycles. The summed E-state index contributed by atoms with van der Waals surface area (Å²) in [7, 11) is 0. The van der Waals surface area contributed by atoms with Crippen LogP contribution >= 0.6 is 0 Å². The van der Waals surface area contributed by atoms with Crippen molar-refractivity contribution in [3.05, 3.63) is 65.7 Å². The van der Waals surface area contributed by atoms with Crippen LogP contribution in [-0.4, -0.2) is 18.0 Å². The second-order valence-electron chi connectivity index (χ2n) is 6.53. The first-order valence-corrected chi connectivity index (χ1v) is 8.12. The Balaban J connectivity index is 2.01. The summed E-state index contributed by atoms with van der Waals surface area (Å²) in [5, 5.41) is 0. The van der Waals surface area contributed by atoms with Gasteiger partial charge in [0.2, 0.25) is 0 Å². The number of benzene rings is 2. The summed E-state index contributed by atoms with van der Waals surface area (Å²) in [4.78, 5) is 24.9. The molecule has 0 radical (unpaired) electrons. The Morgan fingerprint density at radius 3 is 2.58 bits per heavy atom. The Labute approximate surface area is 142 Å². The quantitative estimate of drug-likeness (QED) is 0.771. The van der Waals surface area contributed by atoms with Gasteiger partial charge < -0.3 is 9.53 Å². The number of nitrogens with zero attached hydrogens (tertiary/aromatic N) is 1. The highest BCUT2D eigenvalue weighted by Gasteiger charge is 2.49. The van der Waals surface area contributed by atoms with Crippen LogP contribution in [0.4, 0.5) is 10.5 Å². The molecule has 1 aliphatic rings. The SMILES string of the molecule is CC1(C)OC(=O)N(c2cccc(CCC=O)c2)[C@@H]1c1ccccc1. The second kappa shape index (κ2) is 6.48. The van der Waals surface area contributed by atoms with Gasteiger partial charge in [-0.3, -0.25) is 4.90 Å². The lowest BCUT2D eigenvalue weighted by Crippen LogP contribution is -2.33. The van der Waals surface area contributed by atoms with Crippen molar-refractivity contribution in [2.75, 3.05) is 4.90 Å². The number of hydrogen-bond acceptors (Lipinski definition) is 3. The Bertz CT molecular complexity index is 740. The van der Waals surface area contributed by atoms with Gasteiger partial charge >= 0.3 is 6.09 Å². The molecular weight excluding hydrogens is 302 g/mol. The van der Waals surface area contributed by atoms with Crippen LogP contribution in [0.1, 0.15) is 37.4 Å². The highest BCUT2D eigenvalue weighted by atomic mass is 16.6. The average Bonchev–Trinajstić information content (AvgIpc) is 2.82. The van der Waals surface area contributed by atoms with Gasteiger partial charge in [0.05, 0.1) is 0 Å². The molecule has 0 aromatic heterocycles. The molecule has 0 N–H and O–H groups in total. The van der Waals surface area contributed by atoms with Crippen molar-refractivity contribution in [3.63, 3.8) is 0 Å². The molecule has 1 heterocycles. The lowest BCUT2D eigenvalue weighted by Gasteiger charge is -2.29. The molecule has 1 saturated heterocycles. The number of carbonyl (C=O) groups is 2. The van der Waals surface area contributed by atoms with Crippen LogP contribution in [0.15, 0.2) is 54.6 Å². The van der Waals surface area contributed by atoms with Crippen LogP contribution < -0.4 is 4.90 Å². The summed E-state index contributed by atoms with van der Waals surface area (Å²) in [6, 6.07) is 17.5. The molecule has 2 aromatic carbocycles. The van der Waals surface area contributed by atoms with Gasteiger partial charge in [-0.15, -0.1) is 0 Å². The maximum atomic E-state index is 12.5. The third-order valence-corrected chi connectivity index (χ3v) is 4.32. The van der Waals surface area contributed by atoms with Crippen molar-refractivity contribution in [3.8, 4) is 0 Å². The monoisotopic (exact) mass is 323 g/mol. The maximum Gasteiger partial charge on any atom is 0.415 e. The van der Waals surface area contributed by atoms with Gasteiger partial charge in [-0.05, 0) is 43.5 Å². The number of amides is 1. The van der Waals surface area contributed by atoms with Crippen molar-refractivity contribution < 1.29 is 14.3 Å². The lowest BCUT2D eigenvalue weighted by atomic mass is 9.91. The maximum absolute atomic E-state index is 12.5. The molecule has 4 nitrogen and oxygen atoms in total. The van der Waals surface area contributed by atoms with Crippen LogP contribution in [-0.2, 0) is 16.0 Å². The smallest absolute Gasteiger partial charge is 0.415 e. The van der Waals surface area contributed by atoms with E-state index in [1.54, 1.807) is 4.90 Å². The molecule has 0 saturated carbocycles. The van der Waals surface area contributed by atoms with Gasteiger partial charge in [0.1, 0.15) is 17.9 Å². The summed E-state index contributed by atoms with van der Waals surface area (Å²) in [5.74, 6) is 0. The van der Waals surface area contributed by atoms with Gasteiger partial charge in [-0.1, -0.05) is 42.5 Å². The number of aldehydes is 1. The zero-order valence-electron chi connectivity index (χ0n) is 13.9. The summed E-state index contributed by atoms with van der Waals surface area (Å²) < 4.78 is 5.63. The Morgan fingerprint density at radius 1 is 1.12 bits per heavy atom. The number of ether oxygens (including phenoxy) is 1. The lowest BCUT2D eigenvalue weighted by molar-refractivity contribution is -0.107. The molecule has 0 unspecified atom stereocenters. The topological polar surface area (TPSA) is 46.6 Å². The van der Waals surface area contributed by atoms with Gasteiger partial charge in [0.25, 0.3) is 0 Å². The van der Waals surface area contributed by atoms with E-state index in [0.717, 1.165) is 23.1 Å². The van der Waals surface area contributed by atoms with Crippen LogP contribution in [0.3, 0.4) is 0 Å². The van der Waals surface area contributed by atoms with Gasteiger partial charge in [0.15, 0.2) is 0 Å². The third-order valence-electron chi connectivity index (χ3n) is 4.32. The first-order valence-electron chi connectivity index (χ1n) is 8.12. The largest absolute Gasteiger partial charge is 0.441 e. The number of rotatable bonds is 5. The van der Waals surface area contributed by atoms with E-state index >= 15 is 0 Å². The van der Waals surface area contributed by atoms with Crippen molar-refractivity contribution in [1.82, 2.24) is 0 Å². The molecule has 0 bridgehead atoms. The van der Waals surface area contributed by atoms with E-state index in [9.17, 15) is 9.59 Å². The van der Waals surface area contributed by atoms with Crippen molar-refractivity contribution >= 4 is 18.1 Å². The number of cyclic esters (lactones) is 1. The molecular formula is C20H21NO3. The van der Waals surface area contributed by atoms with Crippen LogP contribution in [0.25, 0.3) is 0 Å². The van der Waals surface area contributed by atoms with Crippen LogP contribution in [0.5, 0.6) is 0 Å². The second-order valence-corrected chi connectivity index (χ2v) is 6.53. The predicted molar refractivity (Wildman–Crippen MR) is 93.0 cm³/mol. The molecule has 124 valence electrons. The van der Waals surface area contributed by atoms with Crippen molar-refractivity contribution in [2.45, 2.75) is 38.3 Å². The predicted octanol–water partition coefficient (Wildman–Crippen LogP) is 4.29. The minimum atomic E-state index is -0.628. The third kappa shape index (κ3) is 3.04. The Hall–Kier alpha value is -2.62. The van der Waals surface area contributed by atoms with Crippen molar-refractivity contribution in [2.24, 2.45) is 0 Å². The fraction of sp³-hybridized carbons (Fsp3) is 0.300. The summed E-state index contributed by atoms with van der Waals surface area (Å²) >= 11 is 0. The van der Waals surface area contributed by atoms with E-state index in [0.29, 0.717) is 12.8 Å². The fourth-order valence-corrected chi connectivity index (χ4v) is 3.27. The number of carbonyl (C=O) groups excluding carboxylic acids is 2. The molecule has 4 heteroatoms. The fourth-order valence-electron chi connectivity index (χ4n) is 3.27. The number of anilines is 1. The van der Waals surface area contributed by atoms with E-state index in [-0.39, 0.29) is 12.1 Å². The molecule has 1 amide bonds. The first kappa shape index (κ1) is 16.2.